The first-order valence-corrected chi connectivity index (χ1v) is 7.10. The standard InChI is InChI=1S/C13H26N4.HI/c1-2-16-10-6-7-12(16)11-15-13(14)17-8-4-3-5-9-17;/h12H,2-11H2,1H3,(H2,14,15);1H. The first-order chi connectivity index (χ1) is 8.31. The van der Waals surface area contributed by atoms with E-state index in [9.17, 15) is 0 Å². The van der Waals surface area contributed by atoms with Gasteiger partial charge in [0, 0.05) is 19.1 Å². The summed E-state index contributed by atoms with van der Waals surface area (Å²) in [7, 11) is 0. The normalized spacial score (nSPS) is 26.2. The molecule has 0 saturated carbocycles. The molecule has 2 N–H and O–H groups in total. The quantitative estimate of drug-likeness (QED) is 0.471. The third kappa shape index (κ3) is 4.26. The highest BCUT2D eigenvalue weighted by Gasteiger charge is 2.22. The summed E-state index contributed by atoms with van der Waals surface area (Å²) in [4.78, 5) is 9.37. The lowest BCUT2D eigenvalue weighted by atomic mass is 10.1. The molecule has 2 fully saturated rings. The van der Waals surface area contributed by atoms with Gasteiger partial charge in [0.25, 0.3) is 0 Å². The maximum absolute atomic E-state index is 6.07. The van der Waals surface area contributed by atoms with Crippen LogP contribution in [0, 0.1) is 0 Å². The van der Waals surface area contributed by atoms with Crippen LogP contribution >= 0.6 is 24.0 Å². The van der Waals surface area contributed by atoms with Gasteiger partial charge in [-0.25, -0.2) is 0 Å². The van der Waals surface area contributed by atoms with Gasteiger partial charge in [-0.2, -0.15) is 0 Å². The Kier molecular flexibility index (Phi) is 7.29. The van der Waals surface area contributed by atoms with Crippen LogP contribution in [0.1, 0.15) is 39.0 Å². The Morgan fingerprint density at radius 1 is 1.17 bits per heavy atom. The zero-order valence-corrected chi connectivity index (χ0v) is 13.8. The Hall–Kier alpha value is -0.0400. The van der Waals surface area contributed by atoms with E-state index in [-0.39, 0.29) is 24.0 Å². The maximum Gasteiger partial charge on any atom is 0.191 e. The van der Waals surface area contributed by atoms with Gasteiger partial charge in [0.15, 0.2) is 5.96 Å². The molecule has 18 heavy (non-hydrogen) atoms. The van der Waals surface area contributed by atoms with E-state index in [0.717, 1.165) is 32.1 Å². The van der Waals surface area contributed by atoms with Crippen molar-refractivity contribution >= 4 is 29.9 Å². The third-order valence-corrected chi connectivity index (χ3v) is 4.05. The molecule has 4 nitrogen and oxygen atoms in total. The van der Waals surface area contributed by atoms with Gasteiger partial charge in [-0.1, -0.05) is 6.92 Å². The molecule has 0 amide bonds. The summed E-state index contributed by atoms with van der Waals surface area (Å²) in [6.45, 7) is 7.69. The average Bonchev–Trinajstić information content (AvgIpc) is 2.84. The Labute approximate surface area is 128 Å². The van der Waals surface area contributed by atoms with Crippen molar-refractivity contribution < 1.29 is 0 Å². The largest absolute Gasteiger partial charge is 0.370 e. The molecule has 2 rings (SSSR count). The number of halogens is 1. The summed E-state index contributed by atoms with van der Waals surface area (Å²) in [6.07, 6.45) is 6.47. The number of piperidine rings is 1. The number of hydrogen-bond acceptors (Lipinski definition) is 2. The lowest BCUT2D eigenvalue weighted by molar-refractivity contribution is 0.271. The molecule has 0 aromatic rings. The summed E-state index contributed by atoms with van der Waals surface area (Å²) in [6, 6.07) is 0.628. The minimum atomic E-state index is 0. The molecule has 0 aliphatic carbocycles. The second-order valence-corrected chi connectivity index (χ2v) is 5.17. The van der Waals surface area contributed by atoms with Crippen molar-refractivity contribution in [1.82, 2.24) is 9.80 Å². The van der Waals surface area contributed by atoms with Gasteiger partial charge in [0.1, 0.15) is 0 Å². The van der Waals surface area contributed by atoms with E-state index in [0.29, 0.717) is 6.04 Å². The van der Waals surface area contributed by atoms with Crippen LogP contribution in [0.2, 0.25) is 0 Å². The Morgan fingerprint density at radius 3 is 2.56 bits per heavy atom. The molecular weight excluding hydrogens is 339 g/mol. The van der Waals surface area contributed by atoms with Gasteiger partial charge in [-0.3, -0.25) is 9.89 Å². The zero-order valence-electron chi connectivity index (χ0n) is 11.5. The average molecular weight is 366 g/mol. The molecule has 2 heterocycles. The van der Waals surface area contributed by atoms with Gasteiger partial charge in [-0.05, 0) is 45.2 Å². The van der Waals surface area contributed by atoms with Crippen molar-refractivity contribution in [3.05, 3.63) is 0 Å². The molecule has 1 unspecified atom stereocenters. The van der Waals surface area contributed by atoms with E-state index in [2.05, 4.69) is 21.7 Å². The monoisotopic (exact) mass is 366 g/mol. The Bertz CT molecular complexity index is 264. The summed E-state index contributed by atoms with van der Waals surface area (Å²) in [5, 5.41) is 0. The van der Waals surface area contributed by atoms with E-state index in [1.165, 1.54) is 38.6 Å². The van der Waals surface area contributed by atoms with Crippen molar-refractivity contribution in [1.29, 1.82) is 0 Å². The number of hydrogen-bond donors (Lipinski definition) is 1. The lowest BCUT2D eigenvalue weighted by Gasteiger charge is -2.28. The van der Waals surface area contributed by atoms with Crippen LogP contribution in [0.25, 0.3) is 0 Å². The predicted molar refractivity (Wildman–Crippen MR) is 87.6 cm³/mol. The third-order valence-electron chi connectivity index (χ3n) is 4.05. The first kappa shape index (κ1) is 16.0. The van der Waals surface area contributed by atoms with Gasteiger partial charge in [0.05, 0.1) is 6.54 Å². The molecule has 106 valence electrons. The van der Waals surface area contributed by atoms with Crippen LogP contribution in [0.15, 0.2) is 4.99 Å². The fraction of sp³-hybridized carbons (Fsp3) is 0.923. The van der Waals surface area contributed by atoms with Crippen molar-refractivity contribution in [2.75, 3.05) is 32.7 Å². The second kappa shape index (κ2) is 8.19. The molecule has 0 spiro atoms. The van der Waals surface area contributed by atoms with Crippen molar-refractivity contribution in [3.8, 4) is 0 Å². The summed E-state index contributed by atoms with van der Waals surface area (Å²) < 4.78 is 0. The van der Waals surface area contributed by atoms with Crippen molar-refractivity contribution in [2.45, 2.75) is 45.1 Å². The highest BCUT2D eigenvalue weighted by molar-refractivity contribution is 14.0. The maximum atomic E-state index is 6.07. The van der Waals surface area contributed by atoms with Crippen LogP contribution in [0.3, 0.4) is 0 Å². The van der Waals surface area contributed by atoms with Gasteiger partial charge in [0.2, 0.25) is 0 Å². The highest BCUT2D eigenvalue weighted by Crippen LogP contribution is 2.17. The van der Waals surface area contributed by atoms with E-state index >= 15 is 0 Å². The summed E-state index contributed by atoms with van der Waals surface area (Å²) in [5.41, 5.74) is 6.07. The Morgan fingerprint density at radius 2 is 1.89 bits per heavy atom. The molecular formula is C13H27IN4. The van der Waals surface area contributed by atoms with Crippen molar-refractivity contribution in [3.63, 3.8) is 0 Å². The topological polar surface area (TPSA) is 44.9 Å². The molecule has 2 aliphatic rings. The van der Waals surface area contributed by atoms with E-state index < -0.39 is 0 Å². The van der Waals surface area contributed by atoms with Gasteiger partial charge in [-0.15, -0.1) is 24.0 Å². The summed E-state index contributed by atoms with van der Waals surface area (Å²) in [5.74, 6) is 0.771. The number of nitrogens with two attached hydrogens (primary N) is 1. The molecule has 5 heteroatoms. The molecule has 2 aliphatic heterocycles. The number of nitrogens with zero attached hydrogens (tertiary/aromatic N) is 3. The Balaban J connectivity index is 0.00000162. The highest BCUT2D eigenvalue weighted by atomic mass is 127. The molecule has 0 bridgehead atoms. The van der Waals surface area contributed by atoms with Crippen LogP contribution in [-0.4, -0.2) is 54.5 Å². The van der Waals surface area contributed by atoms with Crippen LogP contribution in [-0.2, 0) is 0 Å². The second-order valence-electron chi connectivity index (χ2n) is 5.17. The minimum absolute atomic E-state index is 0. The van der Waals surface area contributed by atoms with E-state index in [4.69, 9.17) is 5.73 Å². The van der Waals surface area contributed by atoms with Crippen molar-refractivity contribution in [2.24, 2.45) is 10.7 Å². The van der Waals surface area contributed by atoms with Crippen LogP contribution < -0.4 is 5.73 Å². The number of likely N-dealkylation sites (N-methyl/N-ethyl adjacent to an activating group) is 1. The smallest absolute Gasteiger partial charge is 0.191 e. The summed E-state index contributed by atoms with van der Waals surface area (Å²) >= 11 is 0. The lowest BCUT2D eigenvalue weighted by Crippen LogP contribution is -2.42. The zero-order chi connectivity index (χ0) is 12.1. The molecule has 0 radical (unpaired) electrons. The van der Waals surface area contributed by atoms with Crippen LogP contribution in [0.4, 0.5) is 0 Å². The first-order valence-electron chi connectivity index (χ1n) is 7.10. The SMILES string of the molecule is CCN1CCCC1CN=C(N)N1CCCCC1.I. The molecule has 0 aromatic heterocycles. The number of rotatable bonds is 3. The predicted octanol–water partition coefficient (Wildman–Crippen LogP) is 1.89. The van der Waals surface area contributed by atoms with Crippen LogP contribution in [0.5, 0.6) is 0 Å². The molecule has 0 aromatic carbocycles. The van der Waals surface area contributed by atoms with E-state index in [1.54, 1.807) is 0 Å². The van der Waals surface area contributed by atoms with Gasteiger partial charge >= 0.3 is 0 Å². The molecule has 2 saturated heterocycles. The van der Waals surface area contributed by atoms with Gasteiger partial charge < -0.3 is 10.6 Å². The fourth-order valence-corrected chi connectivity index (χ4v) is 2.94. The number of likely N-dealkylation sites (tertiary alicyclic amines) is 2. The number of guanidine groups is 1. The number of aliphatic imine (C=N–C) groups is 1. The molecule has 1 atom stereocenters. The van der Waals surface area contributed by atoms with E-state index in [1.807, 2.05) is 0 Å². The fourth-order valence-electron chi connectivity index (χ4n) is 2.94. The minimum Gasteiger partial charge on any atom is -0.370 e.